The third-order valence-electron chi connectivity index (χ3n) is 4.13. The molecule has 1 saturated heterocycles. The molecule has 0 bridgehead atoms. The molecule has 3 rings (SSSR count). The van der Waals surface area contributed by atoms with E-state index in [4.69, 9.17) is 9.31 Å². The predicted molar refractivity (Wildman–Crippen MR) is 83.3 cm³/mol. The Labute approximate surface area is 124 Å². The van der Waals surface area contributed by atoms with E-state index in [2.05, 4.69) is 49.5 Å². The van der Waals surface area contributed by atoms with Crippen LogP contribution in [0.25, 0.3) is 11.1 Å². The molecule has 1 aliphatic heterocycles. The summed E-state index contributed by atoms with van der Waals surface area (Å²) in [4.78, 5) is 4.42. The van der Waals surface area contributed by atoms with Gasteiger partial charge in [-0.25, -0.2) is 0 Å². The third kappa shape index (κ3) is 2.30. The minimum atomic E-state index is -0.404. The van der Waals surface area contributed by atoms with Crippen LogP contribution in [0, 0.1) is 0 Å². The van der Waals surface area contributed by atoms with Crippen molar-refractivity contribution in [1.82, 2.24) is 4.98 Å². The summed E-state index contributed by atoms with van der Waals surface area (Å²) in [5.41, 5.74) is 2.50. The molecule has 5 heteroatoms. The van der Waals surface area contributed by atoms with Gasteiger partial charge in [-0.2, -0.15) is 11.3 Å². The Morgan fingerprint density at radius 2 is 1.75 bits per heavy atom. The Bertz CT molecular complexity index is 594. The van der Waals surface area contributed by atoms with Crippen LogP contribution in [0.3, 0.4) is 0 Å². The summed E-state index contributed by atoms with van der Waals surface area (Å²) in [5, 5.41) is 4.20. The molecule has 2 aromatic heterocycles. The van der Waals surface area contributed by atoms with Crippen molar-refractivity contribution < 1.29 is 9.31 Å². The van der Waals surface area contributed by atoms with Gasteiger partial charge in [-0.1, -0.05) is 0 Å². The van der Waals surface area contributed by atoms with Crippen LogP contribution < -0.4 is 5.59 Å². The summed E-state index contributed by atoms with van der Waals surface area (Å²) < 4.78 is 12.1. The Morgan fingerprint density at radius 3 is 2.35 bits per heavy atom. The number of pyridine rings is 1. The fourth-order valence-electron chi connectivity index (χ4n) is 2.15. The largest absolute Gasteiger partial charge is 0.514 e. The first-order valence-electron chi connectivity index (χ1n) is 6.73. The second kappa shape index (κ2) is 4.69. The summed E-state index contributed by atoms with van der Waals surface area (Å²) in [5.74, 6) is 0. The highest BCUT2D eigenvalue weighted by Crippen LogP contribution is 2.36. The van der Waals surface area contributed by atoms with Crippen LogP contribution in [-0.4, -0.2) is 23.3 Å². The number of rotatable bonds is 2. The van der Waals surface area contributed by atoms with Gasteiger partial charge in [-0.15, -0.1) is 0 Å². The normalized spacial score (nSPS) is 20.3. The second-order valence-electron chi connectivity index (χ2n) is 6.07. The molecule has 0 unspecified atom stereocenters. The first-order valence-corrected chi connectivity index (χ1v) is 7.67. The fourth-order valence-corrected chi connectivity index (χ4v) is 2.81. The lowest BCUT2D eigenvalue weighted by molar-refractivity contribution is 0.00578. The van der Waals surface area contributed by atoms with Crippen LogP contribution in [0.5, 0.6) is 0 Å². The average Bonchev–Trinajstić information content (AvgIpc) is 2.97. The lowest BCUT2D eigenvalue weighted by Gasteiger charge is -2.32. The summed E-state index contributed by atoms with van der Waals surface area (Å²) in [6.07, 6.45) is 1.81. The molecular formula is C15H18BNO2S. The van der Waals surface area contributed by atoms with Crippen molar-refractivity contribution in [2.24, 2.45) is 0 Å². The Kier molecular flexibility index (Phi) is 3.24. The highest BCUT2D eigenvalue weighted by atomic mass is 32.1. The summed E-state index contributed by atoms with van der Waals surface area (Å²) >= 11 is 1.69. The zero-order valence-corrected chi connectivity index (χ0v) is 13.0. The average molecular weight is 287 g/mol. The fraction of sp³-hybridized carbons (Fsp3) is 0.400. The van der Waals surface area contributed by atoms with Gasteiger partial charge in [0.25, 0.3) is 0 Å². The lowest BCUT2D eigenvalue weighted by atomic mass is 9.83. The van der Waals surface area contributed by atoms with E-state index in [1.807, 2.05) is 18.3 Å². The minimum absolute atomic E-state index is 0.336. The van der Waals surface area contributed by atoms with Crippen LogP contribution in [0.1, 0.15) is 27.7 Å². The van der Waals surface area contributed by atoms with E-state index in [-0.39, 0.29) is 11.2 Å². The number of nitrogens with zero attached hydrogens (tertiary/aromatic N) is 1. The van der Waals surface area contributed by atoms with Crippen molar-refractivity contribution >= 4 is 24.0 Å². The summed E-state index contributed by atoms with van der Waals surface area (Å²) in [6, 6.07) is 6.16. The first kappa shape index (κ1) is 13.8. The number of thiophene rings is 1. The molecule has 0 saturated carbocycles. The Hall–Kier alpha value is -1.17. The maximum absolute atomic E-state index is 6.04. The van der Waals surface area contributed by atoms with E-state index in [0.717, 1.165) is 11.2 Å². The highest BCUT2D eigenvalue weighted by molar-refractivity contribution is 7.08. The molecule has 0 atom stereocenters. The van der Waals surface area contributed by atoms with Crippen LogP contribution in [0.4, 0.5) is 0 Å². The minimum Gasteiger partial charge on any atom is -0.398 e. The van der Waals surface area contributed by atoms with E-state index in [0.29, 0.717) is 0 Å². The van der Waals surface area contributed by atoms with Gasteiger partial charge in [0, 0.05) is 6.20 Å². The van der Waals surface area contributed by atoms with Crippen molar-refractivity contribution in [2.45, 2.75) is 38.9 Å². The lowest BCUT2D eigenvalue weighted by Crippen LogP contribution is -2.41. The molecule has 0 aliphatic carbocycles. The van der Waals surface area contributed by atoms with Crippen molar-refractivity contribution in [3.8, 4) is 11.1 Å². The monoisotopic (exact) mass is 287 g/mol. The molecular weight excluding hydrogens is 269 g/mol. The molecule has 20 heavy (non-hydrogen) atoms. The maximum Gasteiger partial charge on any atom is 0.514 e. The van der Waals surface area contributed by atoms with Crippen molar-refractivity contribution in [3.05, 3.63) is 35.2 Å². The zero-order valence-electron chi connectivity index (χ0n) is 12.2. The van der Waals surface area contributed by atoms with Gasteiger partial charge in [0.05, 0.1) is 16.8 Å². The topological polar surface area (TPSA) is 31.4 Å². The van der Waals surface area contributed by atoms with Crippen molar-refractivity contribution in [3.63, 3.8) is 0 Å². The zero-order chi connectivity index (χ0) is 14.4. The Balaban J connectivity index is 1.91. The molecule has 0 spiro atoms. The first-order chi connectivity index (χ1) is 9.39. The predicted octanol–water partition coefficient (Wildman–Crippen LogP) is 3.11. The van der Waals surface area contributed by atoms with Gasteiger partial charge in [0.1, 0.15) is 0 Å². The standard InChI is InChI=1S/C15H18BNO2S/c1-14(2)15(3,4)19-16(18-14)13-9-11(5-7-17-13)12-6-8-20-10-12/h5-10H,1-4H3. The molecule has 3 nitrogen and oxygen atoms in total. The van der Waals surface area contributed by atoms with Crippen LogP contribution in [0.2, 0.25) is 0 Å². The number of aromatic nitrogens is 1. The Morgan fingerprint density at radius 1 is 1.05 bits per heavy atom. The molecule has 104 valence electrons. The van der Waals surface area contributed by atoms with E-state index in [1.165, 1.54) is 5.56 Å². The SMILES string of the molecule is CC1(C)OB(c2cc(-c3ccsc3)ccn2)OC1(C)C. The quantitative estimate of drug-likeness (QED) is 0.795. The van der Waals surface area contributed by atoms with Crippen LogP contribution >= 0.6 is 11.3 Å². The van der Waals surface area contributed by atoms with Crippen molar-refractivity contribution in [2.75, 3.05) is 0 Å². The number of hydrogen-bond donors (Lipinski definition) is 0. The number of hydrogen-bond acceptors (Lipinski definition) is 4. The maximum atomic E-state index is 6.04. The van der Waals surface area contributed by atoms with Gasteiger partial charge in [0.15, 0.2) is 0 Å². The molecule has 1 aliphatic rings. The molecule has 2 aromatic rings. The smallest absolute Gasteiger partial charge is 0.398 e. The van der Waals surface area contributed by atoms with E-state index in [1.54, 1.807) is 11.3 Å². The van der Waals surface area contributed by atoms with Crippen LogP contribution in [0.15, 0.2) is 35.2 Å². The second-order valence-corrected chi connectivity index (χ2v) is 6.85. The summed E-state index contributed by atoms with van der Waals surface area (Å²) in [6.45, 7) is 8.21. The van der Waals surface area contributed by atoms with E-state index in [9.17, 15) is 0 Å². The third-order valence-corrected chi connectivity index (χ3v) is 4.81. The molecule has 3 heterocycles. The van der Waals surface area contributed by atoms with Gasteiger partial charge >= 0.3 is 7.12 Å². The molecule has 0 amide bonds. The summed E-state index contributed by atoms with van der Waals surface area (Å²) in [7, 11) is -0.404. The molecule has 0 N–H and O–H groups in total. The molecule has 0 radical (unpaired) electrons. The van der Waals surface area contributed by atoms with Gasteiger partial charge in [0.2, 0.25) is 0 Å². The van der Waals surface area contributed by atoms with Gasteiger partial charge < -0.3 is 9.31 Å². The van der Waals surface area contributed by atoms with Gasteiger partial charge in [-0.3, -0.25) is 4.98 Å². The molecule has 0 aromatic carbocycles. The van der Waals surface area contributed by atoms with Crippen LogP contribution in [-0.2, 0) is 9.31 Å². The van der Waals surface area contributed by atoms with Crippen molar-refractivity contribution in [1.29, 1.82) is 0 Å². The molecule has 1 fully saturated rings. The van der Waals surface area contributed by atoms with E-state index < -0.39 is 7.12 Å². The van der Waals surface area contributed by atoms with E-state index >= 15 is 0 Å². The highest BCUT2D eigenvalue weighted by Gasteiger charge is 2.52. The van der Waals surface area contributed by atoms with Gasteiger partial charge in [-0.05, 0) is 67.8 Å².